The number of benzene rings is 1. The lowest BCUT2D eigenvalue weighted by Gasteiger charge is -2.09. The third-order valence-electron chi connectivity index (χ3n) is 1.66. The largest absolute Gasteiger partial charge is 0.494 e. The molecule has 0 saturated carbocycles. The number of rotatable bonds is 3. The van der Waals surface area contributed by atoms with Gasteiger partial charge in [0.25, 0.3) is 0 Å². The van der Waals surface area contributed by atoms with E-state index in [4.69, 9.17) is 10.5 Å². The van der Waals surface area contributed by atoms with Gasteiger partial charge >= 0.3 is 0 Å². The molecule has 0 atom stereocenters. The van der Waals surface area contributed by atoms with Gasteiger partial charge in [0.1, 0.15) is 17.4 Å². The molecule has 1 rings (SSSR count). The van der Waals surface area contributed by atoms with E-state index in [0.29, 0.717) is 6.61 Å². The highest BCUT2D eigenvalue weighted by atomic mass is 19.1. The third kappa shape index (κ3) is 2.02. The van der Waals surface area contributed by atoms with Crippen molar-refractivity contribution in [3.05, 3.63) is 35.9 Å². The summed E-state index contributed by atoms with van der Waals surface area (Å²) in [5.74, 6) is -1.55. The predicted molar refractivity (Wildman–Crippen MR) is 51.4 cm³/mol. The van der Waals surface area contributed by atoms with Crippen LogP contribution in [0.15, 0.2) is 18.7 Å². The first-order valence-corrected chi connectivity index (χ1v) is 4.12. The van der Waals surface area contributed by atoms with Crippen LogP contribution in [0.25, 0.3) is 5.76 Å². The van der Waals surface area contributed by atoms with Crippen LogP contribution in [0.3, 0.4) is 0 Å². The van der Waals surface area contributed by atoms with Gasteiger partial charge in [-0.05, 0) is 19.1 Å². The van der Waals surface area contributed by atoms with Crippen LogP contribution in [0.5, 0.6) is 0 Å². The van der Waals surface area contributed by atoms with E-state index in [9.17, 15) is 8.78 Å². The van der Waals surface area contributed by atoms with Gasteiger partial charge in [0, 0.05) is 5.69 Å². The van der Waals surface area contributed by atoms with Crippen LogP contribution in [0, 0.1) is 11.6 Å². The Labute approximate surface area is 81.0 Å². The molecule has 2 N–H and O–H groups in total. The van der Waals surface area contributed by atoms with E-state index >= 15 is 0 Å². The Morgan fingerprint density at radius 1 is 1.43 bits per heavy atom. The van der Waals surface area contributed by atoms with E-state index in [2.05, 4.69) is 6.58 Å². The van der Waals surface area contributed by atoms with E-state index in [1.165, 1.54) is 0 Å². The SMILES string of the molecule is C=C(OCC)c1c(F)cc(N)cc1F. The molecule has 0 aliphatic rings. The fourth-order valence-corrected chi connectivity index (χ4v) is 1.11. The summed E-state index contributed by atoms with van der Waals surface area (Å²) in [6.45, 7) is 5.44. The van der Waals surface area contributed by atoms with Crippen LogP contribution in [-0.4, -0.2) is 6.61 Å². The van der Waals surface area contributed by atoms with E-state index in [0.717, 1.165) is 12.1 Å². The minimum Gasteiger partial charge on any atom is -0.494 e. The molecule has 0 fully saturated rings. The van der Waals surface area contributed by atoms with Gasteiger partial charge in [-0.25, -0.2) is 8.78 Å². The van der Waals surface area contributed by atoms with Crippen molar-refractivity contribution in [3.63, 3.8) is 0 Å². The fourth-order valence-electron chi connectivity index (χ4n) is 1.11. The molecule has 1 aromatic rings. The van der Waals surface area contributed by atoms with Gasteiger partial charge in [-0.2, -0.15) is 0 Å². The minimum absolute atomic E-state index is 0.0255. The van der Waals surface area contributed by atoms with Gasteiger partial charge in [0.2, 0.25) is 0 Å². The van der Waals surface area contributed by atoms with E-state index in [1.807, 2.05) is 0 Å². The molecule has 0 spiro atoms. The molecule has 2 nitrogen and oxygen atoms in total. The van der Waals surface area contributed by atoms with Gasteiger partial charge < -0.3 is 10.5 Å². The maximum Gasteiger partial charge on any atom is 0.139 e. The third-order valence-corrected chi connectivity index (χ3v) is 1.66. The average molecular weight is 199 g/mol. The molecule has 0 radical (unpaired) electrons. The van der Waals surface area contributed by atoms with Crippen LogP contribution in [0.4, 0.5) is 14.5 Å². The van der Waals surface area contributed by atoms with E-state index in [1.54, 1.807) is 6.92 Å². The topological polar surface area (TPSA) is 35.2 Å². The highest BCUT2D eigenvalue weighted by molar-refractivity contribution is 5.61. The highest BCUT2D eigenvalue weighted by Crippen LogP contribution is 2.23. The van der Waals surface area contributed by atoms with E-state index < -0.39 is 11.6 Å². The Hall–Kier alpha value is -1.58. The summed E-state index contributed by atoms with van der Waals surface area (Å²) < 4.78 is 31.4. The molecule has 1 aromatic carbocycles. The number of halogens is 2. The number of nitrogens with two attached hydrogens (primary N) is 1. The van der Waals surface area contributed by atoms with Crippen molar-refractivity contribution in [3.8, 4) is 0 Å². The van der Waals surface area contributed by atoms with Gasteiger partial charge in [0.05, 0.1) is 12.2 Å². The van der Waals surface area contributed by atoms with Gasteiger partial charge in [-0.3, -0.25) is 0 Å². The van der Waals surface area contributed by atoms with Gasteiger partial charge in [-0.15, -0.1) is 0 Å². The molecule has 0 aliphatic carbocycles. The molecule has 0 bridgehead atoms. The second-order valence-electron chi connectivity index (χ2n) is 2.72. The Morgan fingerprint density at radius 2 is 1.93 bits per heavy atom. The maximum atomic E-state index is 13.2. The second-order valence-corrected chi connectivity index (χ2v) is 2.72. The summed E-state index contributed by atoms with van der Waals surface area (Å²) in [5, 5.41) is 0. The molecular formula is C10H11F2NO. The molecular weight excluding hydrogens is 188 g/mol. The molecule has 0 aliphatic heterocycles. The maximum absolute atomic E-state index is 13.2. The number of nitrogen functional groups attached to an aromatic ring is 1. The van der Waals surface area contributed by atoms with Crippen molar-refractivity contribution in [1.29, 1.82) is 0 Å². The van der Waals surface area contributed by atoms with Crippen molar-refractivity contribution in [1.82, 2.24) is 0 Å². The summed E-state index contributed by atoms with van der Waals surface area (Å²) >= 11 is 0. The number of hydrogen-bond donors (Lipinski definition) is 1. The molecule has 0 amide bonds. The monoisotopic (exact) mass is 199 g/mol. The van der Waals surface area contributed by atoms with Crippen LogP contribution in [0.1, 0.15) is 12.5 Å². The van der Waals surface area contributed by atoms with Crippen molar-refractivity contribution >= 4 is 11.4 Å². The number of anilines is 1. The summed E-state index contributed by atoms with van der Waals surface area (Å²) in [6, 6.07) is 2.06. The zero-order chi connectivity index (χ0) is 10.7. The van der Waals surface area contributed by atoms with Crippen molar-refractivity contribution in [2.45, 2.75) is 6.92 Å². The quantitative estimate of drug-likeness (QED) is 0.599. The van der Waals surface area contributed by atoms with Gasteiger partial charge in [0.15, 0.2) is 0 Å². The predicted octanol–water partition coefficient (Wildman–Crippen LogP) is 2.55. The van der Waals surface area contributed by atoms with Crippen LogP contribution < -0.4 is 5.73 Å². The Balaban J connectivity index is 3.14. The summed E-state index contributed by atoms with van der Waals surface area (Å²) in [7, 11) is 0. The molecule has 14 heavy (non-hydrogen) atoms. The smallest absolute Gasteiger partial charge is 0.139 e. The molecule has 0 heterocycles. The number of ether oxygens (including phenoxy) is 1. The van der Waals surface area contributed by atoms with Crippen molar-refractivity contribution in [2.24, 2.45) is 0 Å². The first kappa shape index (κ1) is 10.5. The first-order valence-electron chi connectivity index (χ1n) is 4.12. The molecule has 0 saturated heterocycles. The standard InChI is InChI=1S/C10H11F2NO/c1-3-14-6(2)10-8(11)4-7(13)5-9(10)12/h4-5H,2-3,13H2,1H3. The molecule has 0 aromatic heterocycles. The lowest BCUT2D eigenvalue weighted by atomic mass is 10.1. The summed E-state index contributed by atoms with van der Waals surface area (Å²) in [6.07, 6.45) is 0. The molecule has 0 unspecified atom stereocenters. The van der Waals surface area contributed by atoms with E-state index in [-0.39, 0.29) is 17.0 Å². The summed E-state index contributed by atoms with van der Waals surface area (Å²) in [5.41, 5.74) is 5.02. The van der Waals surface area contributed by atoms with Crippen LogP contribution in [-0.2, 0) is 4.74 Å². The number of hydrogen-bond acceptors (Lipinski definition) is 2. The lowest BCUT2D eigenvalue weighted by molar-refractivity contribution is 0.295. The molecule has 76 valence electrons. The highest BCUT2D eigenvalue weighted by Gasteiger charge is 2.14. The van der Waals surface area contributed by atoms with Crippen molar-refractivity contribution in [2.75, 3.05) is 12.3 Å². The zero-order valence-corrected chi connectivity index (χ0v) is 7.81. The first-order chi connectivity index (χ1) is 6.56. The average Bonchev–Trinajstić information content (AvgIpc) is 2.01. The normalized spacial score (nSPS) is 9.93. The summed E-state index contributed by atoms with van der Waals surface area (Å²) in [4.78, 5) is 0. The van der Waals surface area contributed by atoms with Gasteiger partial charge in [-0.1, -0.05) is 6.58 Å². The Bertz CT molecular complexity index is 340. The zero-order valence-electron chi connectivity index (χ0n) is 7.81. The Kier molecular flexibility index (Phi) is 3.06. The van der Waals surface area contributed by atoms with Crippen LogP contribution in [0.2, 0.25) is 0 Å². The second kappa shape index (κ2) is 4.09. The Morgan fingerprint density at radius 3 is 2.36 bits per heavy atom. The fraction of sp³-hybridized carbons (Fsp3) is 0.200. The lowest BCUT2D eigenvalue weighted by Crippen LogP contribution is -2.00. The van der Waals surface area contributed by atoms with Crippen molar-refractivity contribution < 1.29 is 13.5 Å². The molecule has 4 heteroatoms. The minimum atomic E-state index is -0.763. The van der Waals surface area contributed by atoms with Crippen LogP contribution >= 0.6 is 0 Å².